The molecule has 0 radical (unpaired) electrons. The Labute approximate surface area is 318 Å². The Bertz CT molecular complexity index is 604. The van der Waals surface area contributed by atoms with E-state index in [1.54, 1.807) is 0 Å². The molecule has 0 aliphatic carbocycles. The maximum absolute atomic E-state index is 10.2. The molecule has 0 saturated carbocycles. The van der Waals surface area contributed by atoms with Crippen LogP contribution in [0.3, 0.4) is 0 Å². The first-order valence-electron chi connectivity index (χ1n) is 18.9. The maximum atomic E-state index is 10.2. The van der Waals surface area contributed by atoms with E-state index in [2.05, 4.69) is 25.3 Å². The van der Waals surface area contributed by atoms with Crippen LogP contribution in [0.15, 0.2) is 0 Å². The number of carbonyl (C=O) groups is 3. The van der Waals surface area contributed by atoms with Crippen molar-refractivity contribution in [2.75, 3.05) is 0 Å². The van der Waals surface area contributed by atoms with E-state index in [0.717, 1.165) is 77.0 Å². The summed E-state index contributed by atoms with van der Waals surface area (Å²) in [5.41, 5.74) is 8.50. The zero-order valence-electron chi connectivity index (χ0n) is 30.7. The Hall–Kier alpha value is -0.610. The molecule has 47 heavy (non-hydrogen) atoms. The van der Waals surface area contributed by atoms with Gasteiger partial charge in [-0.2, -0.15) is 0 Å². The molecule has 6 N–H and O–H groups in total. The Kier molecular flexibility index (Phi) is 51.4. The second-order valence-corrected chi connectivity index (χ2v) is 12.9. The second kappa shape index (κ2) is 45.4. The molecule has 0 aromatic heterocycles. The van der Waals surface area contributed by atoms with E-state index >= 15 is 0 Å². The van der Waals surface area contributed by atoms with Crippen LogP contribution in [0.1, 0.15) is 206 Å². The molecule has 0 rings (SSSR count). The minimum atomic E-state index is -0.928. The van der Waals surface area contributed by atoms with Crippen LogP contribution < -0.4 is 21.7 Å². The number of aliphatic hydroxyl groups excluding tert-OH is 2. The van der Waals surface area contributed by atoms with Gasteiger partial charge >= 0.3 is 43.8 Å². The van der Waals surface area contributed by atoms with Crippen molar-refractivity contribution in [2.24, 2.45) is 11.5 Å². The number of aliphatic hydroxyl groups is 2. The fourth-order valence-corrected chi connectivity index (χ4v) is 5.32. The zero-order valence-corrected chi connectivity index (χ0v) is 32.9. The number of carbonyl (C=O) groups excluding carboxylic acids is 3. The Morgan fingerprint density at radius 2 is 0.638 bits per heavy atom. The largest absolute Gasteiger partial charge is 2.00 e. The van der Waals surface area contributed by atoms with Gasteiger partial charge in [0.2, 0.25) is 0 Å². The van der Waals surface area contributed by atoms with Gasteiger partial charge in [0.1, 0.15) is 0 Å². The van der Waals surface area contributed by atoms with Crippen LogP contribution in [0.5, 0.6) is 0 Å². The summed E-state index contributed by atoms with van der Waals surface area (Å²) in [6, 6.07) is -0.833. The quantitative estimate of drug-likeness (QED) is 0.0450. The Morgan fingerprint density at radius 1 is 0.447 bits per heavy atom. The van der Waals surface area contributed by atoms with Crippen LogP contribution >= 0.6 is 0 Å². The molecular formula is C37H74CaN2O7. The monoisotopic (exact) mass is 699 g/mol. The molecule has 0 bridgehead atoms. The summed E-state index contributed by atoms with van der Waals surface area (Å²) < 4.78 is 0. The summed E-state index contributed by atoms with van der Waals surface area (Å²) in [5, 5.41) is 40.1. The van der Waals surface area contributed by atoms with Crippen LogP contribution in [0.2, 0.25) is 0 Å². The normalized spacial score (nSPS) is 11.7. The van der Waals surface area contributed by atoms with Crippen LogP contribution in [0, 0.1) is 0 Å². The smallest absolute Gasteiger partial charge is 0.550 e. The van der Waals surface area contributed by atoms with Crippen molar-refractivity contribution in [1.82, 2.24) is 0 Å². The third kappa shape index (κ3) is 61.1. The predicted octanol–water partition coefficient (Wildman–Crippen LogP) is 6.58. The molecule has 10 heteroatoms. The van der Waals surface area contributed by atoms with E-state index in [1.165, 1.54) is 103 Å². The fourth-order valence-electron chi connectivity index (χ4n) is 5.32. The van der Waals surface area contributed by atoms with E-state index in [-0.39, 0.29) is 62.8 Å². The summed E-state index contributed by atoms with van der Waals surface area (Å²) >= 11 is 0. The Balaban J connectivity index is -0.000000346. The number of rotatable bonds is 32. The van der Waals surface area contributed by atoms with E-state index < -0.39 is 18.0 Å². The molecule has 2 unspecified atom stereocenters. The minimum Gasteiger partial charge on any atom is -0.550 e. The average Bonchev–Trinajstić information content (AvgIpc) is 2.99. The van der Waals surface area contributed by atoms with Gasteiger partial charge in [0.25, 0.3) is 0 Å². The van der Waals surface area contributed by atoms with Crippen molar-refractivity contribution in [3.05, 3.63) is 0 Å². The molecule has 0 aliphatic heterocycles. The van der Waals surface area contributed by atoms with Gasteiger partial charge in [0.15, 0.2) is 0 Å². The SMILES string of the molecule is CCCCCCC(O)CCCCCCCCCCC(=O)[O-].CCCCCCC(O)CCCCCCCCCCC(=O)[O-].NC(N)=O.[Ca+2]. The van der Waals surface area contributed by atoms with Crippen LogP contribution in [0.4, 0.5) is 4.79 Å². The number of carboxylic acid groups (broad SMARTS) is 2. The molecule has 0 spiro atoms. The summed E-state index contributed by atoms with van der Waals surface area (Å²) in [7, 11) is 0. The molecule has 0 saturated heterocycles. The zero-order chi connectivity index (χ0) is 35.1. The fraction of sp³-hybridized carbons (Fsp3) is 0.919. The number of urea groups is 1. The number of hydrogen-bond acceptors (Lipinski definition) is 7. The molecule has 0 aliphatic rings. The first kappa shape index (κ1) is 53.2. The number of aliphatic carboxylic acids is 2. The van der Waals surface area contributed by atoms with Gasteiger partial charge in [-0.15, -0.1) is 0 Å². The van der Waals surface area contributed by atoms with Gasteiger partial charge in [-0.25, -0.2) is 4.79 Å². The first-order chi connectivity index (χ1) is 22.1. The van der Waals surface area contributed by atoms with Crippen molar-refractivity contribution in [1.29, 1.82) is 0 Å². The second-order valence-electron chi connectivity index (χ2n) is 12.9. The number of unbranched alkanes of at least 4 members (excludes halogenated alkanes) is 20. The first-order valence-corrected chi connectivity index (χ1v) is 18.9. The number of carboxylic acids is 2. The molecule has 0 fully saturated rings. The van der Waals surface area contributed by atoms with E-state index in [1.807, 2.05) is 0 Å². The van der Waals surface area contributed by atoms with E-state index in [0.29, 0.717) is 0 Å². The average molecular weight is 699 g/mol. The standard InChI is InChI=1S/2C18H36O3.CH4N2O.Ca/c2*1-2-3-4-11-14-17(19)15-12-9-7-5-6-8-10-13-16-18(20)21;2-1(3)4;/h2*17,19H,2-16H2,1H3,(H,20,21);(H4,2,3,4);/q;;;+2/p-2. The number of primary amides is 2. The van der Waals surface area contributed by atoms with Crippen molar-refractivity contribution < 1.29 is 34.8 Å². The molecular weight excluding hydrogens is 624 g/mol. The molecule has 276 valence electrons. The summed E-state index contributed by atoms with van der Waals surface area (Å²) in [4.78, 5) is 29.5. The third-order valence-corrected chi connectivity index (χ3v) is 8.12. The number of amides is 2. The maximum Gasteiger partial charge on any atom is 2.00 e. The van der Waals surface area contributed by atoms with Gasteiger partial charge < -0.3 is 41.5 Å². The molecule has 0 aromatic rings. The minimum absolute atomic E-state index is 0. The van der Waals surface area contributed by atoms with Crippen molar-refractivity contribution in [3.63, 3.8) is 0 Å². The van der Waals surface area contributed by atoms with E-state index in [4.69, 9.17) is 4.79 Å². The predicted molar refractivity (Wildman–Crippen MR) is 191 cm³/mol. The molecule has 0 aromatic carbocycles. The summed E-state index contributed by atoms with van der Waals surface area (Å²) in [6.07, 6.45) is 31.8. The molecule has 0 heterocycles. The van der Waals surface area contributed by atoms with Gasteiger partial charge in [0, 0.05) is 11.9 Å². The molecule has 9 nitrogen and oxygen atoms in total. The molecule has 2 amide bonds. The van der Waals surface area contributed by atoms with Crippen LogP contribution in [0.25, 0.3) is 0 Å². The summed E-state index contributed by atoms with van der Waals surface area (Å²) in [6.45, 7) is 4.42. The van der Waals surface area contributed by atoms with Gasteiger partial charge in [-0.3, -0.25) is 0 Å². The molecule has 2 atom stereocenters. The van der Waals surface area contributed by atoms with Crippen molar-refractivity contribution >= 4 is 55.7 Å². The third-order valence-electron chi connectivity index (χ3n) is 8.12. The Morgan fingerprint density at radius 3 is 0.851 bits per heavy atom. The van der Waals surface area contributed by atoms with Gasteiger partial charge in [-0.05, 0) is 51.4 Å². The number of hydrogen-bond donors (Lipinski definition) is 4. The summed E-state index contributed by atoms with van der Waals surface area (Å²) in [5.74, 6) is -1.86. The van der Waals surface area contributed by atoms with Crippen molar-refractivity contribution in [2.45, 2.75) is 219 Å². The van der Waals surface area contributed by atoms with Crippen LogP contribution in [-0.4, -0.2) is 78.1 Å². The van der Waals surface area contributed by atoms with E-state index in [9.17, 15) is 30.0 Å². The number of nitrogens with two attached hydrogens (primary N) is 2. The topological polar surface area (TPSA) is 190 Å². The van der Waals surface area contributed by atoms with Crippen LogP contribution in [-0.2, 0) is 9.59 Å². The van der Waals surface area contributed by atoms with Gasteiger partial charge in [0.05, 0.1) is 12.2 Å². The van der Waals surface area contributed by atoms with Crippen molar-refractivity contribution in [3.8, 4) is 0 Å². The van der Waals surface area contributed by atoms with Gasteiger partial charge in [-0.1, -0.05) is 155 Å².